The maximum Gasteiger partial charge on any atom is 0.127 e. The molecule has 2 N–H and O–H groups in total. The minimum Gasteiger partial charge on any atom is -0.399 e. The van der Waals surface area contributed by atoms with Crippen LogP contribution in [-0.4, -0.2) is 26.2 Å². The van der Waals surface area contributed by atoms with Gasteiger partial charge in [-0.3, -0.25) is 0 Å². The van der Waals surface area contributed by atoms with Crippen molar-refractivity contribution in [3.8, 4) is 0 Å². The normalized spacial score (nSPS) is 15.3. The summed E-state index contributed by atoms with van der Waals surface area (Å²) in [7, 11) is 0. The molecule has 0 unspecified atom stereocenters. The monoisotopic (exact) mass is 305 g/mol. The van der Waals surface area contributed by atoms with Crippen molar-refractivity contribution >= 4 is 28.7 Å². The van der Waals surface area contributed by atoms with E-state index in [1.54, 1.807) is 0 Å². The van der Waals surface area contributed by atoms with Crippen LogP contribution in [0.2, 0.25) is 5.02 Å². The molecule has 1 aliphatic heterocycles. The number of hydrogen-bond donors (Lipinski definition) is 1. The zero-order valence-corrected chi connectivity index (χ0v) is 12.4. The van der Waals surface area contributed by atoms with Gasteiger partial charge in [-0.1, -0.05) is 23.7 Å². The fourth-order valence-electron chi connectivity index (χ4n) is 2.69. The van der Waals surface area contributed by atoms with Gasteiger partial charge < -0.3 is 15.5 Å². The first-order chi connectivity index (χ1) is 10.1. The zero-order chi connectivity index (χ0) is 14.8. The van der Waals surface area contributed by atoms with Crippen molar-refractivity contribution in [1.82, 2.24) is 0 Å². The van der Waals surface area contributed by atoms with Crippen molar-refractivity contribution in [1.29, 1.82) is 0 Å². The maximum atomic E-state index is 13.4. The third kappa shape index (κ3) is 3.05. The third-order valence-electron chi connectivity index (χ3n) is 3.74. The highest BCUT2D eigenvalue weighted by Gasteiger charge is 2.19. The molecule has 5 heteroatoms. The van der Waals surface area contributed by atoms with Gasteiger partial charge in [-0.05, 0) is 30.3 Å². The summed E-state index contributed by atoms with van der Waals surface area (Å²) in [4.78, 5) is 4.40. The Morgan fingerprint density at radius 3 is 2.29 bits per heavy atom. The van der Waals surface area contributed by atoms with Crippen LogP contribution in [0.1, 0.15) is 0 Å². The molecular weight excluding hydrogens is 289 g/mol. The van der Waals surface area contributed by atoms with E-state index in [0.717, 1.165) is 42.6 Å². The number of para-hydroxylation sites is 1. The second-order valence-electron chi connectivity index (χ2n) is 5.17. The fraction of sp³-hybridized carbons (Fsp3) is 0.250. The van der Waals surface area contributed by atoms with Crippen LogP contribution >= 0.6 is 11.6 Å². The molecule has 2 aromatic rings. The summed E-state index contributed by atoms with van der Waals surface area (Å²) in [5.41, 5.74) is 8.06. The molecule has 21 heavy (non-hydrogen) atoms. The minimum absolute atomic E-state index is 0.293. The van der Waals surface area contributed by atoms with Crippen LogP contribution in [0.15, 0.2) is 42.5 Å². The lowest BCUT2D eigenvalue weighted by atomic mass is 10.2. The van der Waals surface area contributed by atoms with Gasteiger partial charge in [-0.2, -0.15) is 0 Å². The van der Waals surface area contributed by atoms with Crippen molar-refractivity contribution in [2.45, 2.75) is 0 Å². The van der Waals surface area contributed by atoms with E-state index in [1.165, 1.54) is 12.1 Å². The lowest BCUT2D eigenvalue weighted by Gasteiger charge is -2.37. The topological polar surface area (TPSA) is 32.5 Å². The van der Waals surface area contributed by atoms with Crippen molar-refractivity contribution in [2.75, 3.05) is 41.7 Å². The van der Waals surface area contributed by atoms with Crippen molar-refractivity contribution < 1.29 is 4.39 Å². The zero-order valence-electron chi connectivity index (χ0n) is 11.6. The van der Waals surface area contributed by atoms with Gasteiger partial charge in [0.2, 0.25) is 0 Å². The van der Waals surface area contributed by atoms with E-state index in [4.69, 9.17) is 17.3 Å². The van der Waals surface area contributed by atoms with E-state index in [0.29, 0.717) is 5.69 Å². The summed E-state index contributed by atoms with van der Waals surface area (Å²) in [5, 5.41) is 0.765. The molecule has 110 valence electrons. The second-order valence-corrected chi connectivity index (χ2v) is 5.58. The molecule has 3 nitrogen and oxygen atoms in total. The summed E-state index contributed by atoms with van der Waals surface area (Å²) in [6.45, 7) is 3.32. The Labute approximate surface area is 128 Å². The molecule has 0 bridgehead atoms. The van der Waals surface area contributed by atoms with Crippen LogP contribution in [-0.2, 0) is 0 Å². The first kappa shape index (κ1) is 14.0. The molecular formula is C16H17ClFN3. The Hall–Kier alpha value is -1.94. The van der Waals surface area contributed by atoms with Gasteiger partial charge >= 0.3 is 0 Å². The maximum absolute atomic E-state index is 13.4. The van der Waals surface area contributed by atoms with E-state index in [2.05, 4.69) is 9.80 Å². The summed E-state index contributed by atoms with van der Waals surface area (Å²) >= 11 is 6.23. The quantitative estimate of drug-likeness (QED) is 0.863. The van der Waals surface area contributed by atoms with Gasteiger partial charge in [-0.15, -0.1) is 0 Å². The number of rotatable bonds is 2. The van der Waals surface area contributed by atoms with Crippen LogP contribution in [0, 0.1) is 5.82 Å². The number of benzene rings is 2. The molecule has 2 aromatic carbocycles. The molecule has 0 aliphatic carbocycles. The molecule has 1 fully saturated rings. The highest BCUT2D eigenvalue weighted by atomic mass is 35.5. The summed E-state index contributed by atoms with van der Waals surface area (Å²) in [5.74, 6) is -0.293. The molecule has 1 heterocycles. The lowest BCUT2D eigenvalue weighted by molar-refractivity contribution is 0.621. The van der Waals surface area contributed by atoms with Gasteiger partial charge in [0.05, 0.1) is 10.7 Å². The summed E-state index contributed by atoms with van der Waals surface area (Å²) in [6.07, 6.45) is 0. The van der Waals surface area contributed by atoms with Gasteiger partial charge in [0.1, 0.15) is 5.82 Å². The number of nitrogen functional groups attached to an aromatic ring is 1. The molecule has 1 aliphatic rings. The molecule has 0 spiro atoms. The third-order valence-corrected chi connectivity index (χ3v) is 4.06. The van der Waals surface area contributed by atoms with Gasteiger partial charge in [-0.25, -0.2) is 4.39 Å². The average molecular weight is 306 g/mol. The average Bonchev–Trinajstić information content (AvgIpc) is 2.47. The van der Waals surface area contributed by atoms with E-state index in [1.807, 2.05) is 30.3 Å². The predicted octanol–water partition coefficient (Wildman–Crippen LogP) is 3.39. The largest absolute Gasteiger partial charge is 0.399 e. The van der Waals surface area contributed by atoms with Crippen LogP contribution in [0.5, 0.6) is 0 Å². The molecule has 0 atom stereocenters. The molecule has 1 saturated heterocycles. The number of nitrogens with zero attached hydrogens (tertiary/aromatic N) is 2. The SMILES string of the molecule is Nc1cc(F)cc(N2CCN(c3ccccc3Cl)CC2)c1. The summed E-state index contributed by atoms with van der Waals surface area (Å²) < 4.78 is 13.4. The van der Waals surface area contributed by atoms with Gasteiger partial charge in [0.15, 0.2) is 0 Å². The molecule has 0 saturated carbocycles. The predicted molar refractivity (Wildman–Crippen MR) is 86.7 cm³/mol. The first-order valence-electron chi connectivity index (χ1n) is 6.94. The Morgan fingerprint density at radius 1 is 0.952 bits per heavy atom. The Morgan fingerprint density at radius 2 is 1.62 bits per heavy atom. The summed E-state index contributed by atoms with van der Waals surface area (Å²) in [6, 6.07) is 12.5. The van der Waals surface area contributed by atoms with Gasteiger partial charge in [0.25, 0.3) is 0 Å². The molecule has 0 amide bonds. The lowest BCUT2D eigenvalue weighted by Crippen LogP contribution is -2.46. The van der Waals surface area contributed by atoms with E-state index in [9.17, 15) is 4.39 Å². The first-order valence-corrected chi connectivity index (χ1v) is 7.32. The standard InChI is InChI=1S/C16H17ClFN3/c17-15-3-1-2-4-16(15)21-7-5-20(6-8-21)14-10-12(18)9-13(19)11-14/h1-4,9-11H,5-8,19H2. The van der Waals surface area contributed by atoms with Crippen LogP contribution in [0.3, 0.4) is 0 Å². The van der Waals surface area contributed by atoms with Crippen molar-refractivity contribution in [2.24, 2.45) is 0 Å². The van der Waals surface area contributed by atoms with Crippen LogP contribution in [0.4, 0.5) is 21.5 Å². The highest BCUT2D eigenvalue weighted by Crippen LogP contribution is 2.27. The number of halogens is 2. The molecule has 0 aromatic heterocycles. The number of hydrogen-bond acceptors (Lipinski definition) is 3. The van der Waals surface area contributed by atoms with Crippen molar-refractivity contribution in [3.05, 3.63) is 53.3 Å². The van der Waals surface area contributed by atoms with Gasteiger partial charge in [0, 0.05) is 37.6 Å². The Balaban J connectivity index is 1.72. The Bertz CT molecular complexity index is 619. The molecule has 0 radical (unpaired) electrons. The van der Waals surface area contributed by atoms with E-state index >= 15 is 0 Å². The fourth-order valence-corrected chi connectivity index (χ4v) is 2.95. The molecule has 3 rings (SSSR count). The van der Waals surface area contributed by atoms with Crippen LogP contribution < -0.4 is 15.5 Å². The highest BCUT2D eigenvalue weighted by molar-refractivity contribution is 6.33. The number of piperazine rings is 1. The second kappa shape index (κ2) is 5.82. The van der Waals surface area contributed by atoms with E-state index in [-0.39, 0.29) is 5.82 Å². The smallest absolute Gasteiger partial charge is 0.127 e. The van der Waals surface area contributed by atoms with Crippen molar-refractivity contribution in [3.63, 3.8) is 0 Å². The van der Waals surface area contributed by atoms with E-state index < -0.39 is 0 Å². The number of nitrogens with two attached hydrogens (primary N) is 1. The van der Waals surface area contributed by atoms with Crippen LogP contribution in [0.25, 0.3) is 0 Å². The Kier molecular flexibility index (Phi) is 3.88. The number of anilines is 3. The minimum atomic E-state index is -0.293.